The highest BCUT2D eigenvalue weighted by molar-refractivity contribution is 5.89. The minimum Gasteiger partial charge on any atom is -0.393 e. The van der Waals surface area contributed by atoms with Crippen LogP contribution in [0.5, 0.6) is 0 Å². The van der Waals surface area contributed by atoms with Crippen LogP contribution < -0.4 is 0 Å². The first kappa shape index (κ1) is 8.24. The second kappa shape index (κ2) is 1.92. The lowest BCUT2D eigenvalue weighted by atomic mass is 9.70. The van der Waals surface area contributed by atoms with Gasteiger partial charge < -0.3 is 5.11 Å². The molecule has 1 N–H and O–H groups in total. The van der Waals surface area contributed by atoms with E-state index in [1.165, 1.54) is 0 Å². The number of hydrogen-bond acceptors (Lipinski definition) is 2. The minimum absolute atomic E-state index is 0.00347. The summed E-state index contributed by atoms with van der Waals surface area (Å²) in [6.07, 6.45) is 1.01. The van der Waals surface area contributed by atoms with Crippen LogP contribution in [-0.4, -0.2) is 17.0 Å². The number of carbonyl (C=O) groups excluding carboxylic acids is 1. The van der Waals surface area contributed by atoms with Crippen LogP contribution in [-0.2, 0) is 4.79 Å². The number of fused-ring (bicyclic) bond motifs is 2. The Kier molecular flexibility index (Phi) is 1.32. The summed E-state index contributed by atoms with van der Waals surface area (Å²) in [6, 6.07) is 0. The summed E-state index contributed by atoms with van der Waals surface area (Å²) < 4.78 is 0. The molecule has 3 atom stereocenters. The largest absolute Gasteiger partial charge is 0.393 e. The van der Waals surface area contributed by atoms with E-state index in [2.05, 4.69) is 13.8 Å². The molecule has 0 unspecified atom stereocenters. The Morgan fingerprint density at radius 1 is 1.42 bits per heavy atom. The van der Waals surface area contributed by atoms with E-state index in [1.807, 2.05) is 6.92 Å². The van der Waals surface area contributed by atoms with E-state index in [4.69, 9.17) is 0 Å². The maximum absolute atomic E-state index is 11.6. The van der Waals surface area contributed by atoms with E-state index in [0.717, 1.165) is 0 Å². The van der Waals surface area contributed by atoms with Gasteiger partial charge in [0, 0.05) is 11.8 Å². The molecule has 0 heterocycles. The molecule has 2 saturated carbocycles. The Labute approximate surface area is 73.0 Å². The van der Waals surface area contributed by atoms with Crippen LogP contribution in [0.25, 0.3) is 0 Å². The van der Waals surface area contributed by atoms with Crippen LogP contribution in [0.15, 0.2) is 0 Å². The van der Waals surface area contributed by atoms with Gasteiger partial charge in [-0.1, -0.05) is 20.8 Å². The van der Waals surface area contributed by atoms with Gasteiger partial charge in [0.15, 0.2) is 0 Å². The molecule has 0 amide bonds. The number of Topliss-reactive ketones (excluding diaryl/α,β-unsaturated/α-hetero) is 1. The van der Waals surface area contributed by atoms with Gasteiger partial charge in [-0.05, 0) is 17.8 Å². The van der Waals surface area contributed by atoms with Gasteiger partial charge in [0.05, 0.1) is 6.10 Å². The molecule has 2 bridgehead atoms. The first-order valence-corrected chi connectivity index (χ1v) is 4.61. The van der Waals surface area contributed by atoms with Crippen LogP contribution in [0.3, 0.4) is 0 Å². The molecule has 0 aromatic heterocycles. The Balaban J connectivity index is 2.47. The molecular weight excluding hydrogens is 152 g/mol. The molecule has 2 nitrogen and oxygen atoms in total. The Hall–Kier alpha value is -0.370. The van der Waals surface area contributed by atoms with Crippen LogP contribution in [0.1, 0.15) is 33.6 Å². The summed E-state index contributed by atoms with van der Waals surface area (Å²) in [5, 5.41) is 9.69. The number of aliphatic hydroxyl groups excluding tert-OH is 1. The lowest BCUT2D eigenvalue weighted by Crippen LogP contribution is -2.32. The van der Waals surface area contributed by atoms with Crippen molar-refractivity contribution in [2.24, 2.45) is 16.7 Å². The van der Waals surface area contributed by atoms with Crippen molar-refractivity contribution in [3.63, 3.8) is 0 Å². The lowest BCUT2D eigenvalue weighted by molar-refractivity contribution is -0.129. The number of hydrogen-bond donors (Lipinski definition) is 1. The zero-order valence-electron chi connectivity index (χ0n) is 7.92. The van der Waals surface area contributed by atoms with Gasteiger partial charge in [0.2, 0.25) is 0 Å². The normalized spacial score (nSPS) is 50.2. The zero-order chi connectivity index (χ0) is 9.15. The van der Waals surface area contributed by atoms with Gasteiger partial charge >= 0.3 is 0 Å². The zero-order valence-corrected chi connectivity index (χ0v) is 7.92. The minimum atomic E-state index is -0.253. The molecule has 0 aliphatic heterocycles. The summed E-state index contributed by atoms with van der Waals surface area (Å²) in [5.74, 6) is 0.554. The quantitative estimate of drug-likeness (QED) is 0.593. The van der Waals surface area contributed by atoms with E-state index in [9.17, 15) is 9.90 Å². The molecule has 2 aliphatic rings. The molecule has 68 valence electrons. The van der Waals surface area contributed by atoms with Gasteiger partial charge in [-0.3, -0.25) is 4.79 Å². The fourth-order valence-electron chi connectivity index (χ4n) is 3.00. The number of ketones is 1. The smallest absolute Gasteiger partial charge is 0.139 e. The number of rotatable bonds is 0. The van der Waals surface area contributed by atoms with Gasteiger partial charge in [0.25, 0.3) is 0 Å². The topological polar surface area (TPSA) is 37.3 Å². The summed E-state index contributed by atoms with van der Waals surface area (Å²) >= 11 is 0. The van der Waals surface area contributed by atoms with Crippen molar-refractivity contribution < 1.29 is 9.90 Å². The monoisotopic (exact) mass is 168 g/mol. The van der Waals surface area contributed by atoms with Crippen LogP contribution in [0, 0.1) is 16.7 Å². The second-order valence-electron chi connectivity index (χ2n) is 5.06. The van der Waals surface area contributed by atoms with Crippen molar-refractivity contribution in [3.8, 4) is 0 Å². The first-order chi connectivity index (χ1) is 5.39. The Bertz CT molecular complexity index is 244. The van der Waals surface area contributed by atoms with Crippen LogP contribution in [0.2, 0.25) is 0 Å². The van der Waals surface area contributed by atoms with E-state index >= 15 is 0 Å². The summed E-state index contributed by atoms with van der Waals surface area (Å²) in [5.41, 5.74) is -0.249. The average molecular weight is 168 g/mol. The lowest BCUT2D eigenvalue weighted by Gasteiger charge is -2.31. The Morgan fingerprint density at radius 3 is 2.25 bits per heavy atom. The molecular formula is C10H16O2. The third kappa shape index (κ3) is 0.634. The van der Waals surface area contributed by atoms with Gasteiger partial charge in [-0.25, -0.2) is 0 Å². The van der Waals surface area contributed by atoms with Gasteiger partial charge in [-0.2, -0.15) is 0 Å². The van der Waals surface area contributed by atoms with Crippen molar-refractivity contribution >= 4 is 5.78 Å². The highest BCUT2D eigenvalue weighted by Crippen LogP contribution is 2.63. The van der Waals surface area contributed by atoms with Crippen molar-refractivity contribution in [3.05, 3.63) is 0 Å². The molecule has 12 heavy (non-hydrogen) atoms. The van der Waals surface area contributed by atoms with Crippen LogP contribution >= 0.6 is 0 Å². The fourth-order valence-corrected chi connectivity index (χ4v) is 3.00. The van der Waals surface area contributed by atoms with Crippen molar-refractivity contribution in [1.82, 2.24) is 0 Å². The molecule has 0 spiro atoms. The van der Waals surface area contributed by atoms with Crippen molar-refractivity contribution in [2.45, 2.75) is 39.7 Å². The summed E-state index contributed by atoms with van der Waals surface area (Å²) in [7, 11) is 0. The predicted molar refractivity (Wildman–Crippen MR) is 45.6 cm³/mol. The maximum Gasteiger partial charge on any atom is 0.139 e. The first-order valence-electron chi connectivity index (χ1n) is 4.61. The van der Waals surface area contributed by atoms with E-state index in [-0.39, 0.29) is 22.9 Å². The second-order valence-corrected chi connectivity index (χ2v) is 5.06. The molecule has 2 heteroatoms. The Morgan fingerprint density at radius 2 is 2.00 bits per heavy atom. The molecule has 0 aromatic rings. The summed E-state index contributed by atoms with van der Waals surface area (Å²) in [4.78, 5) is 11.6. The predicted octanol–water partition coefficient (Wildman–Crippen LogP) is 1.37. The standard InChI is InChI=1S/C10H16O2/c1-9(2)6-4-8(12)10(9,3)5-7(6)11/h6-7,11H,4-5H2,1-3H3/t6-,7+,10+/m1/s1. The molecule has 0 saturated heterocycles. The molecule has 2 fully saturated rings. The third-order valence-electron chi connectivity index (χ3n) is 4.45. The van der Waals surface area contributed by atoms with Gasteiger partial charge in [0.1, 0.15) is 5.78 Å². The van der Waals surface area contributed by atoms with Crippen molar-refractivity contribution in [2.75, 3.05) is 0 Å². The highest BCUT2D eigenvalue weighted by atomic mass is 16.3. The fraction of sp³-hybridized carbons (Fsp3) is 0.900. The van der Waals surface area contributed by atoms with Crippen molar-refractivity contribution in [1.29, 1.82) is 0 Å². The third-order valence-corrected chi connectivity index (χ3v) is 4.45. The highest BCUT2D eigenvalue weighted by Gasteiger charge is 2.65. The SMILES string of the molecule is CC1(C)[C@@H]2CC(=O)[C@]1(C)C[C@@H]2O. The number of carbonyl (C=O) groups is 1. The molecule has 2 aliphatic carbocycles. The van der Waals surface area contributed by atoms with E-state index in [1.54, 1.807) is 0 Å². The summed E-state index contributed by atoms with van der Waals surface area (Å²) in [6.45, 7) is 6.23. The van der Waals surface area contributed by atoms with Gasteiger partial charge in [-0.15, -0.1) is 0 Å². The molecule has 0 radical (unpaired) electrons. The maximum atomic E-state index is 11.6. The van der Waals surface area contributed by atoms with E-state index in [0.29, 0.717) is 18.6 Å². The van der Waals surface area contributed by atoms with E-state index < -0.39 is 0 Å². The molecule has 0 aromatic carbocycles. The van der Waals surface area contributed by atoms with Crippen LogP contribution in [0.4, 0.5) is 0 Å². The average Bonchev–Trinajstić information content (AvgIpc) is 2.18. The molecule has 2 rings (SSSR count). The number of aliphatic hydroxyl groups is 1.